The highest BCUT2D eigenvalue weighted by Gasteiger charge is 2.28. The van der Waals surface area contributed by atoms with Crippen LogP contribution in [0.25, 0.3) is 0 Å². The summed E-state index contributed by atoms with van der Waals surface area (Å²) in [7, 11) is -3.47. The summed E-state index contributed by atoms with van der Waals surface area (Å²) < 4.78 is 30.8. The van der Waals surface area contributed by atoms with Crippen LogP contribution in [0.5, 0.6) is 0 Å². The first-order valence-corrected chi connectivity index (χ1v) is 14.4. The van der Waals surface area contributed by atoms with Crippen LogP contribution in [-0.4, -0.2) is 48.6 Å². The van der Waals surface area contributed by atoms with Gasteiger partial charge in [-0.3, -0.25) is 9.48 Å². The van der Waals surface area contributed by atoms with Crippen LogP contribution < -0.4 is 10.6 Å². The number of sulfone groups is 1. The van der Waals surface area contributed by atoms with Gasteiger partial charge in [0.15, 0.2) is 15.7 Å². The third-order valence-corrected chi connectivity index (χ3v) is 7.60. The lowest BCUT2D eigenvalue weighted by molar-refractivity contribution is -0.118. The number of alkyl carbamates (subject to hydrolysis) is 1. The summed E-state index contributed by atoms with van der Waals surface area (Å²) in [5.41, 5.74) is 0.107. The molecule has 0 bridgehead atoms. The molecule has 0 unspecified atom stereocenters. The van der Waals surface area contributed by atoms with Gasteiger partial charge in [0, 0.05) is 25.1 Å². The Bertz CT molecular complexity index is 1180. The second kappa shape index (κ2) is 11.6. The molecule has 3 rings (SSSR count). The van der Waals surface area contributed by atoms with Crippen LogP contribution in [0.3, 0.4) is 0 Å². The number of halogens is 1. The molecule has 1 fully saturated rings. The first-order valence-electron chi connectivity index (χ1n) is 12.1. The molecule has 0 saturated heterocycles. The Labute approximate surface area is 217 Å². The van der Waals surface area contributed by atoms with Gasteiger partial charge in [-0.05, 0) is 50.8 Å². The summed E-state index contributed by atoms with van der Waals surface area (Å²) in [5.74, 6) is 0.110. The maximum Gasteiger partial charge on any atom is 0.407 e. The van der Waals surface area contributed by atoms with Crippen molar-refractivity contribution in [1.82, 2.24) is 15.1 Å². The Kier molecular flexibility index (Phi) is 9.05. The van der Waals surface area contributed by atoms with E-state index in [1.807, 2.05) is 0 Å². The molecular weight excluding hydrogens is 504 g/mol. The second-order valence-corrected chi connectivity index (χ2v) is 12.7. The molecule has 9 nitrogen and oxygen atoms in total. The number of anilines is 1. The third-order valence-electron chi connectivity index (χ3n) is 6.02. The second-order valence-electron chi connectivity index (χ2n) is 10.3. The Balaban J connectivity index is 1.67. The molecule has 2 amide bonds. The predicted molar refractivity (Wildman–Crippen MR) is 139 cm³/mol. The summed E-state index contributed by atoms with van der Waals surface area (Å²) in [5, 5.41) is 10.1. The number of carbonyl (C=O) groups excluding carboxylic acids is 2. The monoisotopic (exact) mass is 538 g/mol. The number of ether oxygens (including phenoxy) is 1. The molecule has 1 heterocycles. The summed E-state index contributed by atoms with van der Waals surface area (Å²) in [6.45, 7) is 6.11. The number of rotatable bonds is 9. The molecule has 1 aromatic heterocycles. The highest BCUT2D eigenvalue weighted by molar-refractivity contribution is 7.90. The Morgan fingerprint density at radius 3 is 2.53 bits per heavy atom. The fourth-order valence-electron chi connectivity index (χ4n) is 4.36. The van der Waals surface area contributed by atoms with Crippen molar-refractivity contribution in [3.63, 3.8) is 0 Å². The number of amides is 2. The largest absolute Gasteiger partial charge is 0.444 e. The number of nitrogens with zero attached hydrogens (tertiary/aromatic N) is 2. The van der Waals surface area contributed by atoms with Gasteiger partial charge in [0.1, 0.15) is 5.60 Å². The number of hydrogen-bond donors (Lipinski definition) is 2. The highest BCUT2D eigenvalue weighted by Crippen LogP contribution is 2.36. The summed E-state index contributed by atoms with van der Waals surface area (Å²) >= 11 is 6.28. The van der Waals surface area contributed by atoms with E-state index in [-0.39, 0.29) is 15.8 Å². The molecule has 2 N–H and O–H groups in total. The summed E-state index contributed by atoms with van der Waals surface area (Å²) in [6.07, 6.45) is 7.41. The van der Waals surface area contributed by atoms with Crippen molar-refractivity contribution in [3.05, 3.63) is 41.0 Å². The van der Waals surface area contributed by atoms with E-state index in [0.717, 1.165) is 31.9 Å². The van der Waals surface area contributed by atoms with Gasteiger partial charge in [-0.25, -0.2) is 13.2 Å². The Hall–Kier alpha value is -2.59. The van der Waals surface area contributed by atoms with E-state index in [9.17, 15) is 18.0 Å². The minimum Gasteiger partial charge on any atom is -0.444 e. The van der Waals surface area contributed by atoms with Gasteiger partial charge >= 0.3 is 6.09 Å². The van der Waals surface area contributed by atoms with Crippen LogP contribution in [0, 0.1) is 5.92 Å². The van der Waals surface area contributed by atoms with E-state index >= 15 is 0 Å². The number of nitrogens with one attached hydrogen (secondary N) is 2. The zero-order valence-electron chi connectivity index (χ0n) is 21.2. The topological polar surface area (TPSA) is 119 Å². The average Bonchev–Trinajstić information content (AvgIpc) is 3.41. The van der Waals surface area contributed by atoms with Crippen LogP contribution in [-0.2, 0) is 25.9 Å². The van der Waals surface area contributed by atoms with Gasteiger partial charge < -0.3 is 15.4 Å². The minimum absolute atomic E-state index is 0.0478. The van der Waals surface area contributed by atoms with Crippen LogP contribution in [0.15, 0.2) is 35.4 Å². The maximum atomic E-state index is 13.3. The lowest BCUT2D eigenvalue weighted by Gasteiger charge is -2.21. The molecule has 198 valence electrons. The SMILES string of the molecule is CC(C)(C)OC(=O)NCCn1ccc(NC(=O)[C@H](CC2CCCC2)c2ccc(S(C)(=O)=O)c(Cl)c2)n1. The highest BCUT2D eigenvalue weighted by atomic mass is 35.5. The zero-order valence-corrected chi connectivity index (χ0v) is 22.8. The van der Waals surface area contributed by atoms with Gasteiger partial charge in [-0.2, -0.15) is 5.10 Å². The molecule has 0 aliphatic heterocycles. The van der Waals surface area contributed by atoms with Crippen molar-refractivity contribution in [1.29, 1.82) is 0 Å². The smallest absolute Gasteiger partial charge is 0.407 e. The van der Waals surface area contributed by atoms with Gasteiger partial charge in [0.05, 0.1) is 22.4 Å². The molecule has 1 aromatic carbocycles. The van der Waals surface area contributed by atoms with Crippen LogP contribution >= 0.6 is 11.6 Å². The molecule has 0 spiro atoms. The first kappa shape index (κ1) is 28.0. The van der Waals surface area contributed by atoms with Crippen molar-refractivity contribution in [2.75, 3.05) is 18.1 Å². The van der Waals surface area contributed by atoms with Crippen molar-refractivity contribution in [2.24, 2.45) is 5.92 Å². The number of benzene rings is 1. The first-order chi connectivity index (χ1) is 16.8. The summed E-state index contributed by atoms with van der Waals surface area (Å²) in [4.78, 5) is 25.2. The summed E-state index contributed by atoms with van der Waals surface area (Å²) in [6, 6.07) is 6.41. The van der Waals surface area contributed by atoms with Crippen LogP contribution in [0.2, 0.25) is 5.02 Å². The minimum atomic E-state index is -3.47. The van der Waals surface area contributed by atoms with Gasteiger partial charge in [-0.15, -0.1) is 0 Å². The molecule has 1 aliphatic carbocycles. The van der Waals surface area contributed by atoms with E-state index in [1.54, 1.807) is 49.8 Å². The number of hydrogen-bond acceptors (Lipinski definition) is 6. The Morgan fingerprint density at radius 1 is 1.22 bits per heavy atom. The van der Waals surface area contributed by atoms with Crippen LogP contribution in [0.4, 0.5) is 10.6 Å². The van der Waals surface area contributed by atoms with Crippen LogP contribution in [0.1, 0.15) is 64.4 Å². The maximum absolute atomic E-state index is 13.3. The molecule has 1 aliphatic rings. The van der Waals surface area contributed by atoms with Crippen molar-refractivity contribution in [2.45, 2.75) is 75.8 Å². The normalized spacial score (nSPS) is 15.5. The molecule has 1 atom stereocenters. The zero-order chi connectivity index (χ0) is 26.5. The standard InChI is InChI=1S/C25H35ClN4O5S/c1-25(2,3)35-24(32)27-12-14-30-13-11-22(29-30)28-23(31)19(15-17-7-5-6-8-17)18-9-10-21(20(26)16-18)36(4,33)34/h9-11,13,16-17,19H,5-8,12,14-15H2,1-4H3,(H,27,32)(H,28,29,31)/t19-/m1/s1. The van der Waals surface area contributed by atoms with E-state index in [2.05, 4.69) is 15.7 Å². The number of carbonyl (C=O) groups is 2. The lowest BCUT2D eigenvalue weighted by Crippen LogP contribution is -2.34. The average molecular weight is 539 g/mol. The Morgan fingerprint density at radius 2 is 1.92 bits per heavy atom. The fourth-order valence-corrected chi connectivity index (χ4v) is 5.70. The molecule has 1 saturated carbocycles. The van der Waals surface area contributed by atoms with Crippen molar-refractivity contribution < 1.29 is 22.7 Å². The molecule has 0 radical (unpaired) electrons. The van der Waals surface area contributed by atoms with Gasteiger partial charge in [-0.1, -0.05) is 43.4 Å². The molecule has 11 heteroatoms. The predicted octanol–water partition coefficient (Wildman–Crippen LogP) is 4.77. The van der Waals surface area contributed by atoms with Crippen molar-refractivity contribution >= 4 is 39.3 Å². The molecule has 2 aromatic rings. The molecular formula is C25H35ClN4O5S. The fraction of sp³-hybridized carbons (Fsp3) is 0.560. The van der Waals surface area contributed by atoms with Crippen molar-refractivity contribution in [3.8, 4) is 0 Å². The number of aromatic nitrogens is 2. The van der Waals surface area contributed by atoms with Gasteiger partial charge in [0.25, 0.3) is 0 Å². The van der Waals surface area contributed by atoms with Gasteiger partial charge in [0.2, 0.25) is 5.91 Å². The van der Waals surface area contributed by atoms with E-state index in [4.69, 9.17) is 16.3 Å². The van der Waals surface area contributed by atoms with E-state index in [1.165, 1.54) is 6.07 Å². The van der Waals surface area contributed by atoms with E-state index < -0.39 is 27.4 Å². The third kappa shape index (κ3) is 8.23. The quantitative estimate of drug-likeness (QED) is 0.474. The molecule has 36 heavy (non-hydrogen) atoms. The lowest BCUT2D eigenvalue weighted by atomic mass is 9.87. The van der Waals surface area contributed by atoms with E-state index in [0.29, 0.717) is 36.8 Å².